The van der Waals surface area contributed by atoms with Crippen LogP contribution in [0.3, 0.4) is 0 Å². The molecule has 0 saturated carbocycles. The van der Waals surface area contributed by atoms with Crippen molar-refractivity contribution in [2.24, 2.45) is 0 Å². The molecule has 0 spiro atoms. The zero-order valence-corrected chi connectivity index (χ0v) is 11.1. The molecule has 1 aromatic carbocycles. The van der Waals surface area contributed by atoms with E-state index in [9.17, 15) is 0 Å². The van der Waals surface area contributed by atoms with E-state index in [1.54, 1.807) is 0 Å². The van der Waals surface area contributed by atoms with Crippen molar-refractivity contribution in [3.63, 3.8) is 0 Å². The highest BCUT2D eigenvalue weighted by Crippen LogP contribution is 2.31. The lowest BCUT2D eigenvalue weighted by Crippen LogP contribution is -2.47. The van der Waals surface area contributed by atoms with Gasteiger partial charge in [-0.1, -0.05) is 12.1 Å². The topological polar surface area (TPSA) is 33.3 Å². The van der Waals surface area contributed by atoms with Crippen molar-refractivity contribution >= 4 is 0 Å². The SMILES string of the molecule is CNC(c1ccc2c(c1)CCO2)C(C)(C)NC. The van der Waals surface area contributed by atoms with Crippen LogP contribution < -0.4 is 15.4 Å². The molecule has 0 aliphatic carbocycles. The lowest BCUT2D eigenvalue weighted by Gasteiger charge is -2.34. The number of ether oxygens (including phenoxy) is 1. The van der Waals surface area contributed by atoms with Crippen molar-refractivity contribution in [3.8, 4) is 5.75 Å². The Kier molecular flexibility index (Phi) is 3.40. The summed E-state index contributed by atoms with van der Waals surface area (Å²) in [6.45, 7) is 5.23. The highest BCUT2D eigenvalue weighted by atomic mass is 16.5. The van der Waals surface area contributed by atoms with Gasteiger partial charge in [0, 0.05) is 18.0 Å². The number of fused-ring (bicyclic) bond motifs is 1. The predicted octanol–water partition coefficient (Wildman–Crippen LogP) is 1.88. The predicted molar refractivity (Wildman–Crippen MR) is 70.6 cm³/mol. The quantitative estimate of drug-likeness (QED) is 0.834. The van der Waals surface area contributed by atoms with Crippen molar-refractivity contribution in [2.75, 3.05) is 20.7 Å². The molecular weight excluding hydrogens is 212 g/mol. The second-order valence-corrected chi connectivity index (χ2v) is 5.16. The van der Waals surface area contributed by atoms with E-state index in [1.807, 2.05) is 14.1 Å². The third-order valence-electron chi connectivity index (χ3n) is 3.70. The zero-order valence-electron chi connectivity index (χ0n) is 11.1. The van der Waals surface area contributed by atoms with Crippen molar-refractivity contribution in [2.45, 2.75) is 31.8 Å². The molecule has 17 heavy (non-hydrogen) atoms. The van der Waals surface area contributed by atoms with Crippen molar-refractivity contribution in [1.29, 1.82) is 0 Å². The summed E-state index contributed by atoms with van der Waals surface area (Å²) < 4.78 is 5.54. The Labute approximate surface area is 104 Å². The number of likely N-dealkylation sites (N-methyl/N-ethyl adjacent to an activating group) is 2. The van der Waals surface area contributed by atoms with E-state index < -0.39 is 0 Å². The zero-order chi connectivity index (χ0) is 12.5. The molecule has 2 N–H and O–H groups in total. The van der Waals surface area contributed by atoms with Crippen LogP contribution in [0.5, 0.6) is 5.75 Å². The van der Waals surface area contributed by atoms with E-state index in [1.165, 1.54) is 11.1 Å². The smallest absolute Gasteiger partial charge is 0.122 e. The molecule has 3 nitrogen and oxygen atoms in total. The van der Waals surface area contributed by atoms with Gasteiger partial charge in [0.25, 0.3) is 0 Å². The maximum Gasteiger partial charge on any atom is 0.122 e. The molecule has 1 heterocycles. The molecule has 2 rings (SSSR count). The molecular formula is C14H22N2O. The molecule has 0 fully saturated rings. The summed E-state index contributed by atoms with van der Waals surface area (Å²) in [7, 11) is 4.01. The Morgan fingerprint density at radius 3 is 2.71 bits per heavy atom. The van der Waals surface area contributed by atoms with E-state index in [0.717, 1.165) is 18.8 Å². The van der Waals surface area contributed by atoms with E-state index >= 15 is 0 Å². The lowest BCUT2D eigenvalue weighted by atomic mass is 9.88. The number of hydrogen-bond donors (Lipinski definition) is 2. The van der Waals surface area contributed by atoms with Crippen LogP contribution in [0.2, 0.25) is 0 Å². The van der Waals surface area contributed by atoms with Gasteiger partial charge in [-0.05, 0) is 45.1 Å². The van der Waals surface area contributed by atoms with Gasteiger partial charge in [-0.15, -0.1) is 0 Å². The second-order valence-electron chi connectivity index (χ2n) is 5.16. The standard InChI is InChI=1S/C14H22N2O/c1-14(2,16-4)13(15-3)11-5-6-12-10(9-11)7-8-17-12/h5-6,9,13,15-16H,7-8H2,1-4H3. The molecule has 0 radical (unpaired) electrons. The number of nitrogens with one attached hydrogen (secondary N) is 2. The van der Waals surface area contributed by atoms with Crippen molar-refractivity contribution in [1.82, 2.24) is 10.6 Å². The maximum atomic E-state index is 5.54. The minimum atomic E-state index is 0.0163. The normalized spacial score (nSPS) is 16.5. The molecule has 0 aromatic heterocycles. The Bertz CT molecular complexity index is 401. The van der Waals surface area contributed by atoms with E-state index in [2.05, 4.69) is 42.7 Å². The molecule has 1 unspecified atom stereocenters. The number of benzene rings is 1. The second kappa shape index (κ2) is 4.67. The van der Waals surface area contributed by atoms with Crippen molar-refractivity contribution < 1.29 is 4.74 Å². The van der Waals surface area contributed by atoms with Crippen LogP contribution in [-0.2, 0) is 6.42 Å². The maximum absolute atomic E-state index is 5.54. The fraction of sp³-hybridized carbons (Fsp3) is 0.571. The first kappa shape index (κ1) is 12.4. The fourth-order valence-electron chi connectivity index (χ4n) is 2.47. The van der Waals surface area contributed by atoms with Crippen LogP contribution in [0.25, 0.3) is 0 Å². The average molecular weight is 234 g/mol. The Morgan fingerprint density at radius 2 is 2.06 bits per heavy atom. The van der Waals surface area contributed by atoms with Crippen LogP contribution in [0.4, 0.5) is 0 Å². The average Bonchev–Trinajstić information content (AvgIpc) is 2.77. The first-order chi connectivity index (χ1) is 8.08. The van der Waals surface area contributed by atoms with Crippen molar-refractivity contribution in [3.05, 3.63) is 29.3 Å². The summed E-state index contributed by atoms with van der Waals surface area (Å²) in [6, 6.07) is 6.80. The van der Waals surface area contributed by atoms with Gasteiger partial charge in [0.05, 0.1) is 6.61 Å². The Hall–Kier alpha value is -1.06. The highest BCUT2D eigenvalue weighted by molar-refractivity contribution is 5.41. The Morgan fingerprint density at radius 1 is 1.29 bits per heavy atom. The van der Waals surface area contributed by atoms with E-state index in [-0.39, 0.29) is 5.54 Å². The van der Waals surface area contributed by atoms with Gasteiger partial charge in [-0.3, -0.25) is 0 Å². The van der Waals surface area contributed by atoms with Crippen LogP contribution in [0.15, 0.2) is 18.2 Å². The molecule has 1 aliphatic heterocycles. The summed E-state index contributed by atoms with van der Waals surface area (Å²) in [4.78, 5) is 0. The molecule has 1 aromatic rings. The molecule has 0 saturated heterocycles. The monoisotopic (exact) mass is 234 g/mol. The van der Waals surface area contributed by atoms with Gasteiger partial charge in [-0.25, -0.2) is 0 Å². The molecule has 0 amide bonds. The minimum absolute atomic E-state index is 0.0163. The van der Waals surface area contributed by atoms with Gasteiger partial charge in [0.2, 0.25) is 0 Å². The number of rotatable bonds is 4. The lowest BCUT2D eigenvalue weighted by molar-refractivity contribution is 0.311. The van der Waals surface area contributed by atoms with Gasteiger partial charge in [0.15, 0.2) is 0 Å². The molecule has 94 valence electrons. The highest BCUT2D eigenvalue weighted by Gasteiger charge is 2.28. The van der Waals surface area contributed by atoms with Crippen LogP contribution in [0, 0.1) is 0 Å². The molecule has 1 aliphatic rings. The largest absolute Gasteiger partial charge is 0.493 e. The summed E-state index contributed by atoms with van der Waals surface area (Å²) in [6.07, 6.45) is 1.03. The third-order valence-corrected chi connectivity index (χ3v) is 3.70. The van der Waals surface area contributed by atoms with Gasteiger partial charge in [-0.2, -0.15) is 0 Å². The summed E-state index contributed by atoms with van der Waals surface area (Å²) in [5, 5.41) is 6.76. The molecule has 3 heteroatoms. The molecule has 0 bridgehead atoms. The van der Waals surface area contributed by atoms with Crippen LogP contribution in [0.1, 0.15) is 31.0 Å². The van der Waals surface area contributed by atoms with Gasteiger partial charge in [0.1, 0.15) is 5.75 Å². The van der Waals surface area contributed by atoms with E-state index in [0.29, 0.717) is 6.04 Å². The summed E-state index contributed by atoms with van der Waals surface area (Å²) in [5.41, 5.74) is 2.66. The van der Waals surface area contributed by atoms with E-state index in [4.69, 9.17) is 4.74 Å². The first-order valence-electron chi connectivity index (χ1n) is 6.20. The molecule has 1 atom stereocenters. The van der Waals surface area contributed by atoms with Crippen LogP contribution >= 0.6 is 0 Å². The van der Waals surface area contributed by atoms with Crippen LogP contribution in [-0.4, -0.2) is 26.2 Å². The third kappa shape index (κ3) is 2.31. The van der Waals surface area contributed by atoms with Gasteiger partial charge < -0.3 is 15.4 Å². The Balaban J connectivity index is 2.32. The summed E-state index contributed by atoms with van der Waals surface area (Å²) >= 11 is 0. The minimum Gasteiger partial charge on any atom is -0.493 e. The van der Waals surface area contributed by atoms with Gasteiger partial charge >= 0.3 is 0 Å². The summed E-state index contributed by atoms with van der Waals surface area (Å²) in [5.74, 6) is 1.05. The number of hydrogen-bond acceptors (Lipinski definition) is 3. The first-order valence-corrected chi connectivity index (χ1v) is 6.20. The fourth-order valence-corrected chi connectivity index (χ4v) is 2.47.